The molecule has 1 atom stereocenters. The van der Waals surface area contributed by atoms with Crippen LogP contribution in [0, 0.1) is 19.8 Å². The molecule has 4 heterocycles. The van der Waals surface area contributed by atoms with Crippen LogP contribution in [-0.4, -0.2) is 44.0 Å². The maximum Gasteiger partial charge on any atom is 0.150 e. The Morgan fingerprint density at radius 3 is 2.75 bits per heavy atom. The molecule has 3 aromatic rings. The maximum atomic E-state index is 10.3. The van der Waals surface area contributed by atoms with Crippen molar-refractivity contribution in [2.75, 3.05) is 18.0 Å². The van der Waals surface area contributed by atoms with Crippen LogP contribution in [0.15, 0.2) is 6.33 Å². The van der Waals surface area contributed by atoms with Crippen LogP contribution in [0.3, 0.4) is 0 Å². The van der Waals surface area contributed by atoms with Crippen LogP contribution in [0.4, 0.5) is 5.82 Å². The van der Waals surface area contributed by atoms with Crippen LogP contribution in [0.5, 0.6) is 0 Å². The highest BCUT2D eigenvalue weighted by atomic mass is 32.1. The molecule has 1 aliphatic rings. The number of hydrogen-bond acceptors (Lipinski definition) is 7. The van der Waals surface area contributed by atoms with Crippen molar-refractivity contribution in [3.8, 4) is 0 Å². The molecule has 1 aliphatic heterocycles. The Labute approximate surface area is 144 Å². The van der Waals surface area contributed by atoms with Gasteiger partial charge in [-0.15, -0.1) is 16.4 Å². The zero-order valence-electron chi connectivity index (χ0n) is 14.4. The van der Waals surface area contributed by atoms with E-state index in [9.17, 15) is 5.11 Å². The third kappa shape index (κ3) is 2.34. The number of thiophene rings is 1. The molecule has 0 aliphatic carbocycles. The highest BCUT2D eigenvalue weighted by molar-refractivity contribution is 7.26. The third-order valence-corrected chi connectivity index (χ3v) is 6.19. The molecular weight excluding hydrogens is 322 g/mol. The van der Waals surface area contributed by atoms with E-state index in [-0.39, 0.29) is 5.92 Å². The molecule has 1 fully saturated rings. The SMILES string of the molecule is Cc1nnc2sc3c(N4CC[C@@H](C(C)(C)O)C4)ncnc3c2c1C. The number of hydrogen-bond donors (Lipinski definition) is 1. The Hall–Kier alpha value is -1.86. The summed E-state index contributed by atoms with van der Waals surface area (Å²) < 4.78 is 1.06. The number of aliphatic hydroxyl groups is 1. The van der Waals surface area contributed by atoms with Crippen molar-refractivity contribution in [1.82, 2.24) is 20.2 Å². The van der Waals surface area contributed by atoms with E-state index in [1.165, 1.54) is 0 Å². The molecule has 1 N–H and O–H groups in total. The monoisotopic (exact) mass is 343 g/mol. The molecule has 1 saturated heterocycles. The molecule has 0 bridgehead atoms. The highest BCUT2D eigenvalue weighted by Crippen LogP contribution is 2.39. The molecule has 0 saturated carbocycles. The minimum Gasteiger partial charge on any atom is -0.390 e. The van der Waals surface area contributed by atoms with E-state index in [4.69, 9.17) is 0 Å². The maximum absolute atomic E-state index is 10.3. The smallest absolute Gasteiger partial charge is 0.150 e. The molecule has 0 unspecified atom stereocenters. The second-order valence-corrected chi connectivity index (χ2v) is 8.15. The van der Waals surface area contributed by atoms with Crippen molar-refractivity contribution in [3.05, 3.63) is 17.6 Å². The molecule has 0 aromatic carbocycles. The quantitative estimate of drug-likeness (QED) is 0.771. The van der Waals surface area contributed by atoms with Crippen molar-refractivity contribution in [1.29, 1.82) is 0 Å². The fraction of sp³-hybridized carbons (Fsp3) is 0.529. The Morgan fingerprint density at radius 2 is 2.04 bits per heavy atom. The second kappa shape index (κ2) is 5.32. The Balaban J connectivity index is 1.85. The normalized spacial score (nSPS) is 18.9. The van der Waals surface area contributed by atoms with Crippen LogP contribution >= 0.6 is 11.3 Å². The predicted octanol–water partition coefficient (Wildman–Crippen LogP) is 2.85. The number of aromatic nitrogens is 4. The van der Waals surface area contributed by atoms with Crippen molar-refractivity contribution >= 4 is 37.6 Å². The first-order valence-electron chi connectivity index (χ1n) is 8.20. The molecule has 0 spiro atoms. The lowest BCUT2D eigenvalue weighted by atomic mass is 9.90. The highest BCUT2D eigenvalue weighted by Gasteiger charge is 2.35. The fourth-order valence-corrected chi connectivity index (χ4v) is 4.58. The molecular formula is C17H21N5OS. The topological polar surface area (TPSA) is 75.0 Å². The van der Waals surface area contributed by atoms with E-state index < -0.39 is 5.60 Å². The standard InChI is InChI=1S/C17H21N5OS/c1-9-10(2)20-21-16-12(9)13-14(24-16)15(19-8-18-13)22-6-5-11(7-22)17(3,4)23/h8,11,23H,5-7H2,1-4H3/t11-/m1/s1. The molecule has 7 heteroatoms. The van der Waals surface area contributed by atoms with Gasteiger partial charge in [-0.1, -0.05) is 0 Å². The van der Waals surface area contributed by atoms with E-state index in [1.807, 2.05) is 20.8 Å². The van der Waals surface area contributed by atoms with Crippen LogP contribution in [-0.2, 0) is 0 Å². The zero-order chi connectivity index (χ0) is 17.1. The van der Waals surface area contributed by atoms with E-state index in [0.29, 0.717) is 0 Å². The Morgan fingerprint density at radius 1 is 1.25 bits per heavy atom. The second-order valence-electron chi connectivity index (χ2n) is 7.15. The molecule has 6 nitrogen and oxygen atoms in total. The lowest BCUT2D eigenvalue weighted by Gasteiger charge is -2.25. The van der Waals surface area contributed by atoms with Gasteiger partial charge in [-0.3, -0.25) is 0 Å². The summed E-state index contributed by atoms with van der Waals surface area (Å²) in [5, 5.41) is 20.0. The largest absolute Gasteiger partial charge is 0.390 e. The van der Waals surface area contributed by atoms with Crippen molar-refractivity contribution in [3.63, 3.8) is 0 Å². The van der Waals surface area contributed by atoms with E-state index in [2.05, 4.69) is 32.0 Å². The van der Waals surface area contributed by atoms with Gasteiger partial charge in [-0.25, -0.2) is 9.97 Å². The van der Waals surface area contributed by atoms with Gasteiger partial charge in [-0.05, 0) is 39.7 Å². The number of rotatable bonds is 2. The first kappa shape index (κ1) is 15.7. The van der Waals surface area contributed by atoms with Gasteiger partial charge in [0.05, 0.1) is 21.5 Å². The number of anilines is 1. The summed E-state index contributed by atoms with van der Waals surface area (Å²) in [4.78, 5) is 12.2. The minimum absolute atomic E-state index is 0.251. The van der Waals surface area contributed by atoms with Gasteiger partial charge in [0.15, 0.2) is 0 Å². The van der Waals surface area contributed by atoms with Crippen LogP contribution in [0.2, 0.25) is 0 Å². The van der Waals surface area contributed by atoms with Gasteiger partial charge in [0.25, 0.3) is 0 Å². The average Bonchev–Trinajstić information content (AvgIpc) is 3.15. The van der Waals surface area contributed by atoms with Crippen molar-refractivity contribution in [2.45, 2.75) is 39.7 Å². The first-order chi connectivity index (χ1) is 11.4. The Kier molecular flexibility index (Phi) is 3.47. The number of nitrogens with zero attached hydrogens (tertiary/aromatic N) is 5. The number of aryl methyl sites for hydroxylation is 2. The summed E-state index contributed by atoms with van der Waals surface area (Å²) in [6, 6.07) is 0. The van der Waals surface area contributed by atoms with E-state index in [0.717, 1.165) is 57.0 Å². The van der Waals surface area contributed by atoms with Crippen LogP contribution in [0.25, 0.3) is 20.4 Å². The first-order valence-corrected chi connectivity index (χ1v) is 9.02. The molecule has 24 heavy (non-hydrogen) atoms. The van der Waals surface area contributed by atoms with Crippen LogP contribution < -0.4 is 4.90 Å². The molecule has 4 rings (SSSR count). The summed E-state index contributed by atoms with van der Waals surface area (Å²) in [5.74, 6) is 1.20. The minimum atomic E-state index is -0.666. The number of fused-ring (bicyclic) bond motifs is 3. The third-order valence-electron chi connectivity index (χ3n) is 5.13. The molecule has 126 valence electrons. The van der Waals surface area contributed by atoms with Gasteiger partial charge < -0.3 is 10.0 Å². The molecule has 0 radical (unpaired) electrons. The van der Waals surface area contributed by atoms with Gasteiger partial charge >= 0.3 is 0 Å². The summed E-state index contributed by atoms with van der Waals surface area (Å²) in [7, 11) is 0. The van der Waals surface area contributed by atoms with Gasteiger partial charge in [0.2, 0.25) is 0 Å². The summed E-state index contributed by atoms with van der Waals surface area (Å²) >= 11 is 1.60. The average molecular weight is 343 g/mol. The summed E-state index contributed by atoms with van der Waals surface area (Å²) in [6.07, 6.45) is 2.61. The van der Waals surface area contributed by atoms with Crippen molar-refractivity contribution in [2.24, 2.45) is 5.92 Å². The molecule has 0 amide bonds. The Bertz CT molecular complexity index is 930. The summed E-state index contributed by atoms with van der Waals surface area (Å²) in [5.41, 5.74) is 2.36. The van der Waals surface area contributed by atoms with Gasteiger partial charge in [0, 0.05) is 24.4 Å². The van der Waals surface area contributed by atoms with Crippen molar-refractivity contribution < 1.29 is 5.11 Å². The zero-order valence-corrected chi connectivity index (χ0v) is 15.2. The summed E-state index contributed by atoms with van der Waals surface area (Å²) in [6.45, 7) is 9.53. The van der Waals surface area contributed by atoms with E-state index in [1.54, 1.807) is 17.7 Å². The molecule has 3 aromatic heterocycles. The lowest BCUT2D eigenvalue weighted by Crippen LogP contribution is -2.33. The van der Waals surface area contributed by atoms with Gasteiger partial charge in [-0.2, -0.15) is 5.10 Å². The van der Waals surface area contributed by atoms with Crippen LogP contribution in [0.1, 0.15) is 31.5 Å². The van der Waals surface area contributed by atoms with Gasteiger partial charge in [0.1, 0.15) is 17.0 Å². The fourth-order valence-electron chi connectivity index (χ4n) is 3.42. The van der Waals surface area contributed by atoms with E-state index >= 15 is 0 Å². The predicted molar refractivity (Wildman–Crippen MR) is 96.6 cm³/mol. The lowest BCUT2D eigenvalue weighted by molar-refractivity contribution is 0.0263.